The van der Waals surface area contributed by atoms with Crippen LogP contribution in [0.1, 0.15) is 33.1 Å². The van der Waals surface area contributed by atoms with E-state index in [1.165, 1.54) is 4.70 Å². The van der Waals surface area contributed by atoms with Crippen molar-refractivity contribution >= 4 is 33.3 Å². The first-order valence-electron chi connectivity index (χ1n) is 6.50. The average Bonchev–Trinajstić information content (AvgIpc) is 2.81. The molecular formula is C15H18N2S2. The molecule has 2 aromatic rings. The molecule has 0 atom stereocenters. The van der Waals surface area contributed by atoms with Crippen molar-refractivity contribution in [2.24, 2.45) is 5.41 Å². The Morgan fingerprint density at radius 3 is 2.84 bits per heavy atom. The van der Waals surface area contributed by atoms with Gasteiger partial charge in [0.2, 0.25) is 0 Å². The first-order valence-corrected chi connectivity index (χ1v) is 8.30. The fourth-order valence-electron chi connectivity index (χ4n) is 1.80. The highest BCUT2D eigenvalue weighted by atomic mass is 32.2. The highest BCUT2D eigenvalue weighted by Crippen LogP contribution is 2.30. The summed E-state index contributed by atoms with van der Waals surface area (Å²) in [5, 5.41) is 8.95. The number of thioether (sulfide) groups is 1. The molecule has 0 fully saturated rings. The second kappa shape index (κ2) is 6.40. The Hall–Kier alpha value is -1.05. The molecule has 0 amide bonds. The molecule has 0 radical (unpaired) electrons. The van der Waals surface area contributed by atoms with Crippen molar-refractivity contribution in [2.45, 2.75) is 37.4 Å². The van der Waals surface area contributed by atoms with Crippen molar-refractivity contribution in [1.29, 1.82) is 5.26 Å². The minimum atomic E-state index is -0.180. The molecule has 100 valence electrons. The largest absolute Gasteiger partial charge is 0.230 e. The zero-order chi connectivity index (χ0) is 13.7. The zero-order valence-corrected chi connectivity index (χ0v) is 13.0. The Bertz CT molecular complexity index is 548. The molecule has 4 heteroatoms. The smallest absolute Gasteiger partial charge is 0.151 e. The predicted octanol–water partition coefficient (Wildman–Crippen LogP) is 5.11. The SMILES string of the molecule is CC(C)(C#N)CCCCSc1nc2ccccc2s1. The van der Waals surface area contributed by atoms with E-state index < -0.39 is 0 Å². The van der Waals surface area contributed by atoms with Gasteiger partial charge in [0.05, 0.1) is 21.7 Å². The van der Waals surface area contributed by atoms with Crippen molar-refractivity contribution in [3.05, 3.63) is 24.3 Å². The van der Waals surface area contributed by atoms with Crippen molar-refractivity contribution in [1.82, 2.24) is 4.98 Å². The van der Waals surface area contributed by atoms with Gasteiger partial charge in [-0.1, -0.05) is 30.3 Å². The number of nitrogens with zero attached hydrogens (tertiary/aromatic N) is 2. The molecule has 2 rings (SSSR count). The lowest BCUT2D eigenvalue weighted by atomic mass is 9.89. The molecule has 0 N–H and O–H groups in total. The van der Waals surface area contributed by atoms with Crippen LogP contribution in [-0.4, -0.2) is 10.7 Å². The number of rotatable bonds is 6. The Labute approximate surface area is 122 Å². The number of aromatic nitrogens is 1. The summed E-state index contributed by atoms with van der Waals surface area (Å²) in [4.78, 5) is 4.60. The third-order valence-electron chi connectivity index (χ3n) is 3.00. The van der Waals surface area contributed by atoms with Gasteiger partial charge in [-0.3, -0.25) is 0 Å². The van der Waals surface area contributed by atoms with Crippen LogP contribution in [0.5, 0.6) is 0 Å². The van der Waals surface area contributed by atoms with Crippen LogP contribution < -0.4 is 0 Å². The number of fused-ring (bicyclic) bond motifs is 1. The van der Waals surface area contributed by atoms with Crippen LogP contribution >= 0.6 is 23.1 Å². The molecule has 0 saturated carbocycles. The summed E-state index contributed by atoms with van der Waals surface area (Å²) in [5.41, 5.74) is 0.918. The molecule has 1 heterocycles. The molecule has 0 aliphatic carbocycles. The predicted molar refractivity (Wildman–Crippen MR) is 83.6 cm³/mol. The van der Waals surface area contributed by atoms with E-state index in [9.17, 15) is 0 Å². The first-order chi connectivity index (χ1) is 9.11. The van der Waals surface area contributed by atoms with Crippen LogP contribution in [0.25, 0.3) is 10.2 Å². The summed E-state index contributed by atoms with van der Waals surface area (Å²) < 4.78 is 2.41. The summed E-state index contributed by atoms with van der Waals surface area (Å²) in [5.74, 6) is 1.08. The van der Waals surface area contributed by atoms with E-state index in [0.717, 1.165) is 34.9 Å². The Kier molecular flexibility index (Phi) is 4.84. The van der Waals surface area contributed by atoms with Gasteiger partial charge >= 0.3 is 0 Å². The Balaban J connectivity index is 1.76. The van der Waals surface area contributed by atoms with Gasteiger partial charge in [-0.25, -0.2) is 4.98 Å². The molecule has 1 aromatic carbocycles. The molecular weight excluding hydrogens is 272 g/mol. The van der Waals surface area contributed by atoms with E-state index in [1.54, 1.807) is 11.3 Å². The normalized spacial score (nSPS) is 11.6. The van der Waals surface area contributed by atoms with Crippen molar-refractivity contribution in [3.63, 3.8) is 0 Å². The number of nitriles is 1. The molecule has 2 nitrogen and oxygen atoms in total. The van der Waals surface area contributed by atoms with E-state index in [4.69, 9.17) is 5.26 Å². The summed E-state index contributed by atoms with van der Waals surface area (Å²) in [6, 6.07) is 10.6. The van der Waals surface area contributed by atoms with Gasteiger partial charge in [-0.2, -0.15) is 5.26 Å². The van der Waals surface area contributed by atoms with E-state index in [2.05, 4.69) is 29.3 Å². The van der Waals surface area contributed by atoms with Gasteiger partial charge in [0, 0.05) is 5.75 Å². The van der Waals surface area contributed by atoms with Crippen LogP contribution in [0.15, 0.2) is 28.6 Å². The number of thiazole rings is 1. The maximum atomic E-state index is 8.95. The van der Waals surface area contributed by atoms with Crippen LogP contribution in [-0.2, 0) is 0 Å². The monoisotopic (exact) mass is 290 g/mol. The van der Waals surface area contributed by atoms with Gasteiger partial charge < -0.3 is 0 Å². The fourth-order valence-corrected chi connectivity index (χ4v) is 3.94. The number of hydrogen-bond acceptors (Lipinski definition) is 4. The van der Waals surface area contributed by atoms with Gasteiger partial charge in [-0.15, -0.1) is 11.3 Å². The van der Waals surface area contributed by atoms with Crippen LogP contribution in [0.3, 0.4) is 0 Å². The molecule has 0 aliphatic rings. The average molecular weight is 290 g/mol. The zero-order valence-electron chi connectivity index (χ0n) is 11.3. The third-order valence-corrected chi connectivity index (χ3v) is 5.26. The van der Waals surface area contributed by atoms with Crippen LogP contribution in [0, 0.1) is 16.7 Å². The van der Waals surface area contributed by atoms with E-state index in [-0.39, 0.29) is 5.41 Å². The van der Waals surface area contributed by atoms with Crippen LogP contribution in [0.4, 0.5) is 0 Å². The third kappa shape index (κ3) is 4.22. The maximum absolute atomic E-state index is 8.95. The fraction of sp³-hybridized carbons (Fsp3) is 0.467. The van der Waals surface area contributed by atoms with Gasteiger partial charge in [0.25, 0.3) is 0 Å². The summed E-state index contributed by atoms with van der Waals surface area (Å²) in [7, 11) is 0. The van der Waals surface area contributed by atoms with E-state index in [1.807, 2.05) is 31.7 Å². The summed E-state index contributed by atoms with van der Waals surface area (Å²) in [6.07, 6.45) is 3.23. The quantitative estimate of drug-likeness (QED) is 0.548. The molecule has 0 bridgehead atoms. The molecule has 0 spiro atoms. The number of hydrogen-bond donors (Lipinski definition) is 0. The lowest BCUT2D eigenvalue weighted by Gasteiger charge is -2.13. The van der Waals surface area contributed by atoms with Crippen molar-refractivity contribution in [2.75, 3.05) is 5.75 Å². The second-order valence-corrected chi connectivity index (χ2v) is 7.62. The van der Waals surface area contributed by atoms with Gasteiger partial charge in [-0.05, 0) is 38.8 Å². The second-order valence-electron chi connectivity index (χ2n) is 5.25. The number of unbranched alkanes of at least 4 members (excludes halogenated alkanes) is 1. The Morgan fingerprint density at radius 2 is 2.11 bits per heavy atom. The highest BCUT2D eigenvalue weighted by Gasteiger charge is 2.15. The first kappa shape index (κ1) is 14.4. The minimum absolute atomic E-state index is 0.180. The van der Waals surface area contributed by atoms with Gasteiger partial charge in [0.1, 0.15) is 0 Å². The molecule has 0 unspecified atom stereocenters. The van der Waals surface area contributed by atoms with Crippen molar-refractivity contribution in [3.8, 4) is 6.07 Å². The van der Waals surface area contributed by atoms with Crippen molar-refractivity contribution < 1.29 is 0 Å². The topological polar surface area (TPSA) is 36.7 Å². The molecule has 19 heavy (non-hydrogen) atoms. The minimum Gasteiger partial charge on any atom is -0.230 e. The molecule has 0 aliphatic heterocycles. The maximum Gasteiger partial charge on any atom is 0.151 e. The highest BCUT2D eigenvalue weighted by molar-refractivity contribution is 8.01. The lowest BCUT2D eigenvalue weighted by Crippen LogP contribution is -2.07. The van der Waals surface area contributed by atoms with Crippen LogP contribution in [0.2, 0.25) is 0 Å². The standard InChI is InChI=1S/C15H18N2S2/c1-15(2,11-16)9-5-6-10-18-14-17-12-7-3-4-8-13(12)19-14/h3-4,7-8H,5-6,9-10H2,1-2H3. The summed E-state index contributed by atoms with van der Waals surface area (Å²) >= 11 is 3.59. The Morgan fingerprint density at radius 1 is 1.32 bits per heavy atom. The van der Waals surface area contributed by atoms with E-state index >= 15 is 0 Å². The molecule has 0 saturated heterocycles. The summed E-state index contributed by atoms with van der Waals surface area (Å²) in [6.45, 7) is 4.02. The number of para-hydroxylation sites is 1. The van der Waals surface area contributed by atoms with Gasteiger partial charge in [0.15, 0.2) is 4.34 Å². The molecule has 1 aromatic heterocycles. The van der Waals surface area contributed by atoms with E-state index in [0.29, 0.717) is 0 Å². The number of benzene rings is 1. The lowest BCUT2D eigenvalue weighted by molar-refractivity contribution is 0.433.